The highest BCUT2D eigenvalue weighted by Gasteiger charge is 2.26. The predicted octanol–water partition coefficient (Wildman–Crippen LogP) is -1.03. The minimum absolute atomic E-state index is 0.0910. The first-order chi connectivity index (χ1) is 9.93. The van der Waals surface area contributed by atoms with Crippen LogP contribution in [0, 0.1) is 0 Å². The van der Waals surface area contributed by atoms with E-state index in [1.165, 1.54) is 7.11 Å². The van der Waals surface area contributed by atoms with E-state index in [4.69, 9.17) is 5.11 Å². The van der Waals surface area contributed by atoms with E-state index in [0.717, 1.165) is 6.42 Å². The van der Waals surface area contributed by atoms with Crippen molar-refractivity contribution < 1.29 is 29.0 Å². The molecule has 0 aromatic heterocycles. The molecular weight excluding hydrogens is 282 g/mol. The van der Waals surface area contributed by atoms with E-state index in [2.05, 4.69) is 20.7 Å². The molecule has 1 heterocycles. The highest BCUT2D eigenvalue weighted by molar-refractivity contribution is 5.89. The molecule has 0 saturated carbocycles. The summed E-state index contributed by atoms with van der Waals surface area (Å²) >= 11 is 0. The molecule has 1 saturated heterocycles. The Morgan fingerprint density at radius 2 is 2.19 bits per heavy atom. The Bertz CT molecular complexity index is 425. The monoisotopic (exact) mass is 301 g/mol. The number of methoxy groups -OCH3 is 1. The second kappa shape index (κ2) is 8.08. The van der Waals surface area contributed by atoms with Gasteiger partial charge in [0.15, 0.2) is 0 Å². The van der Waals surface area contributed by atoms with Crippen molar-refractivity contribution in [3.05, 3.63) is 0 Å². The molecule has 9 heteroatoms. The molecule has 118 valence electrons. The number of nitrogens with one attached hydrogen (secondary N) is 3. The molecule has 2 atom stereocenters. The second-order valence-corrected chi connectivity index (χ2v) is 4.61. The van der Waals surface area contributed by atoms with Crippen LogP contribution in [0.3, 0.4) is 0 Å². The first-order valence-electron chi connectivity index (χ1n) is 6.58. The van der Waals surface area contributed by atoms with E-state index in [1.807, 2.05) is 0 Å². The number of carboxylic acids is 1. The Hall–Kier alpha value is -2.32. The summed E-state index contributed by atoms with van der Waals surface area (Å²) in [5.74, 6) is -2.12. The van der Waals surface area contributed by atoms with Crippen LogP contribution in [0.5, 0.6) is 0 Å². The zero-order valence-electron chi connectivity index (χ0n) is 11.7. The van der Waals surface area contributed by atoms with E-state index < -0.39 is 30.1 Å². The van der Waals surface area contributed by atoms with Crippen LogP contribution in [-0.2, 0) is 19.1 Å². The molecule has 0 aromatic rings. The molecule has 1 aliphatic rings. The number of esters is 1. The molecule has 0 aromatic carbocycles. The van der Waals surface area contributed by atoms with Gasteiger partial charge < -0.3 is 25.8 Å². The number of carbonyl (C=O) groups excluding carboxylic acids is 3. The van der Waals surface area contributed by atoms with Crippen molar-refractivity contribution in [1.82, 2.24) is 16.0 Å². The van der Waals surface area contributed by atoms with Crippen molar-refractivity contribution in [3.63, 3.8) is 0 Å². The third kappa shape index (κ3) is 5.67. The summed E-state index contributed by atoms with van der Waals surface area (Å²) in [6.45, 7) is 0.565. The second-order valence-electron chi connectivity index (χ2n) is 4.61. The number of urea groups is 1. The number of ether oxygens (including phenoxy) is 1. The smallest absolute Gasteiger partial charge is 0.326 e. The van der Waals surface area contributed by atoms with Gasteiger partial charge in [-0.3, -0.25) is 9.59 Å². The Kier molecular flexibility index (Phi) is 6.44. The van der Waals surface area contributed by atoms with Crippen LogP contribution in [0.1, 0.15) is 25.7 Å². The molecular formula is C12H19N3O6. The Labute approximate surface area is 121 Å². The van der Waals surface area contributed by atoms with Crippen LogP contribution < -0.4 is 16.0 Å². The number of carboxylic acid groups (broad SMARTS) is 1. The number of hydrogen-bond donors (Lipinski definition) is 4. The molecule has 3 amide bonds. The van der Waals surface area contributed by atoms with E-state index >= 15 is 0 Å². The molecule has 9 nitrogen and oxygen atoms in total. The highest BCUT2D eigenvalue weighted by Crippen LogP contribution is 2.03. The van der Waals surface area contributed by atoms with Crippen LogP contribution in [0.2, 0.25) is 0 Å². The predicted molar refractivity (Wildman–Crippen MR) is 70.4 cm³/mol. The number of aliphatic carboxylic acids is 1. The van der Waals surface area contributed by atoms with Gasteiger partial charge in [0.05, 0.1) is 7.11 Å². The van der Waals surface area contributed by atoms with Crippen molar-refractivity contribution in [2.24, 2.45) is 0 Å². The maximum atomic E-state index is 11.7. The van der Waals surface area contributed by atoms with Crippen LogP contribution >= 0.6 is 0 Å². The number of amides is 3. The number of carbonyl (C=O) groups is 4. The maximum absolute atomic E-state index is 11.7. The Morgan fingerprint density at radius 1 is 1.48 bits per heavy atom. The van der Waals surface area contributed by atoms with E-state index in [-0.39, 0.29) is 18.7 Å². The van der Waals surface area contributed by atoms with E-state index in [0.29, 0.717) is 13.0 Å². The zero-order chi connectivity index (χ0) is 15.8. The lowest BCUT2D eigenvalue weighted by molar-refractivity contribution is -0.142. The summed E-state index contributed by atoms with van der Waals surface area (Å²) in [7, 11) is 1.19. The minimum atomic E-state index is -1.26. The molecule has 0 radical (unpaired) electrons. The standard InChI is InChI=1S/C12H19N3O6/c1-21-9(16)5-4-8(11(18)19)15-12(20)14-7-3-2-6-13-10(7)17/h7-8H,2-6H2,1H3,(H,13,17)(H,18,19)(H2,14,15,20)/t7?,8-/m1/s1. The van der Waals surface area contributed by atoms with Crippen LogP contribution in [0.15, 0.2) is 0 Å². The third-order valence-corrected chi connectivity index (χ3v) is 3.06. The fraction of sp³-hybridized carbons (Fsp3) is 0.667. The lowest BCUT2D eigenvalue weighted by atomic mass is 10.1. The molecule has 1 unspecified atom stereocenters. The molecule has 4 N–H and O–H groups in total. The topological polar surface area (TPSA) is 134 Å². The Morgan fingerprint density at radius 3 is 2.76 bits per heavy atom. The van der Waals surface area contributed by atoms with Crippen molar-refractivity contribution in [2.75, 3.05) is 13.7 Å². The lowest BCUT2D eigenvalue weighted by Gasteiger charge is -2.23. The fourth-order valence-electron chi connectivity index (χ4n) is 1.89. The molecule has 1 aliphatic heterocycles. The van der Waals surface area contributed by atoms with E-state index in [9.17, 15) is 19.2 Å². The van der Waals surface area contributed by atoms with Gasteiger partial charge in [0.1, 0.15) is 12.1 Å². The van der Waals surface area contributed by atoms with Crippen LogP contribution in [-0.4, -0.2) is 54.7 Å². The molecule has 0 aliphatic carbocycles. The summed E-state index contributed by atoms with van der Waals surface area (Å²) in [5.41, 5.74) is 0. The largest absolute Gasteiger partial charge is 0.480 e. The summed E-state index contributed by atoms with van der Waals surface area (Å²) in [4.78, 5) is 45.2. The van der Waals surface area contributed by atoms with Gasteiger partial charge >= 0.3 is 18.0 Å². The average Bonchev–Trinajstić information content (AvgIpc) is 2.45. The number of hydrogen-bond acceptors (Lipinski definition) is 5. The normalized spacial score (nSPS) is 19.1. The van der Waals surface area contributed by atoms with Crippen molar-refractivity contribution in [2.45, 2.75) is 37.8 Å². The van der Waals surface area contributed by atoms with Crippen LogP contribution in [0.4, 0.5) is 4.79 Å². The van der Waals surface area contributed by atoms with Gasteiger partial charge in [-0.05, 0) is 19.3 Å². The van der Waals surface area contributed by atoms with Gasteiger partial charge in [-0.2, -0.15) is 0 Å². The maximum Gasteiger partial charge on any atom is 0.326 e. The van der Waals surface area contributed by atoms with Gasteiger partial charge in [-0.25, -0.2) is 9.59 Å². The fourth-order valence-corrected chi connectivity index (χ4v) is 1.89. The number of piperidine rings is 1. The third-order valence-electron chi connectivity index (χ3n) is 3.06. The summed E-state index contributed by atoms with van der Waals surface area (Å²) < 4.78 is 4.41. The Balaban J connectivity index is 2.46. The molecule has 0 spiro atoms. The quantitative estimate of drug-likeness (QED) is 0.463. The summed E-state index contributed by atoms with van der Waals surface area (Å²) in [6, 6.07) is -2.65. The van der Waals surface area contributed by atoms with E-state index in [1.54, 1.807) is 0 Å². The number of rotatable bonds is 6. The average molecular weight is 301 g/mol. The molecule has 0 bridgehead atoms. The van der Waals surface area contributed by atoms with Gasteiger partial charge in [0.2, 0.25) is 5.91 Å². The van der Waals surface area contributed by atoms with Gasteiger partial charge in [0.25, 0.3) is 0 Å². The first kappa shape index (κ1) is 16.7. The summed E-state index contributed by atoms with van der Waals surface area (Å²) in [5, 5.41) is 16.2. The SMILES string of the molecule is COC(=O)CC[C@@H](NC(=O)NC1CCCNC1=O)C(=O)O. The van der Waals surface area contributed by atoms with Crippen molar-refractivity contribution in [3.8, 4) is 0 Å². The van der Waals surface area contributed by atoms with Crippen LogP contribution in [0.25, 0.3) is 0 Å². The summed E-state index contributed by atoms with van der Waals surface area (Å²) in [6.07, 6.45) is 1.02. The first-order valence-corrected chi connectivity index (χ1v) is 6.58. The molecule has 21 heavy (non-hydrogen) atoms. The van der Waals surface area contributed by atoms with Crippen molar-refractivity contribution in [1.29, 1.82) is 0 Å². The van der Waals surface area contributed by atoms with Crippen molar-refractivity contribution >= 4 is 23.9 Å². The van der Waals surface area contributed by atoms with Gasteiger partial charge in [-0.15, -0.1) is 0 Å². The van der Waals surface area contributed by atoms with Gasteiger partial charge in [0, 0.05) is 13.0 Å². The molecule has 1 fully saturated rings. The lowest BCUT2D eigenvalue weighted by Crippen LogP contribution is -2.55. The zero-order valence-corrected chi connectivity index (χ0v) is 11.7. The molecule has 1 rings (SSSR count). The minimum Gasteiger partial charge on any atom is -0.480 e. The van der Waals surface area contributed by atoms with Gasteiger partial charge in [-0.1, -0.05) is 0 Å². The highest BCUT2D eigenvalue weighted by atomic mass is 16.5.